The van der Waals surface area contributed by atoms with Crippen LogP contribution in [0.15, 0.2) is 28.8 Å². The highest BCUT2D eigenvalue weighted by Gasteiger charge is 2.10. The van der Waals surface area contributed by atoms with Gasteiger partial charge in [0.15, 0.2) is 5.76 Å². The van der Waals surface area contributed by atoms with Crippen LogP contribution in [0.4, 0.5) is 0 Å². The van der Waals surface area contributed by atoms with Gasteiger partial charge in [-0.05, 0) is 53.3 Å². The van der Waals surface area contributed by atoms with E-state index in [1.807, 2.05) is 18.2 Å². The Kier molecular flexibility index (Phi) is 5.24. The van der Waals surface area contributed by atoms with Crippen molar-refractivity contribution in [2.24, 2.45) is 5.92 Å². The van der Waals surface area contributed by atoms with E-state index in [4.69, 9.17) is 16.0 Å². The molecule has 0 spiro atoms. The Labute approximate surface area is 131 Å². The van der Waals surface area contributed by atoms with Crippen LogP contribution in [0.25, 0.3) is 11.3 Å². The van der Waals surface area contributed by atoms with E-state index in [1.54, 1.807) is 6.20 Å². The summed E-state index contributed by atoms with van der Waals surface area (Å²) < 4.78 is 6.85. The Balaban J connectivity index is 2.10. The number of benzene rings is 1. The van der Waals surface area contributed by atoms with Crippen molar-refractivity contribution in [2.75, 3.05) is 6.54 Å². The lowest BCUT2D eigenvalue weighted by Crippen LogP contribution is -2.18. The molecule has 19 heavy (non-hydrogen) atoms. The van der Waals surface area contributed by atoms with Crippen molar-refractivity contribution in [3.8, 4) is 11.3 Å². The van der Waals surface area contributed by atoms with E-state index in [2.05, 4.69) is 46.7 Å². The molecule has 0 radical (unpaired) electrons. The number of nitrogens with one attached hydrogen (secondary N) is 1. The average Bonchev–Trinajstić information content (AvgIpc) is 2.80. The lowest BCUT2D eigenvalue weighted by Gasteiger charge is -2.04. The molecule has 1 N–H and O–H groups in total. The summed E-state index contributed by atoms with van der Waals surface area (Å²) in [6.45, 7) is 5.94. The topological polar surface area (TPSA) is 38.1 Å². The molecule has 0 bridgehead atoms. The van der Waals surface area contributed by atoms with E-state index in [0.717, 1.165) is 21.4 Å². The molecular weight excluding hydrogens is 375 g/mol. The second kappa shape index (κ2) is 6.72. The van der Waals surface area contributed by atoms with Crippen LogP contribution in [-0.4, -0.2) is 11.5 Å². The van der Waals surface area contributed by atoms with Crippen molar-refractivity contribution in [2.45, 2.75) is 20.4 Å². The third kappa shape index (κ3) is 4.19. The summed E-state index contributed by atoms with van der Waals surface area (Å²) in [5.41, 5.74) is 0.982. The molecule has 0 saturated heterocycles. The van der Waals surface area contributed by atoms with E-state index in [0.29, 0.717) is 23.4 Å². The SMILES string of the molecule is CC(C)CNCc1ncc(-c2cc(Cl)ccc2I)o1. The summed E-state index contributed by atoms with van der Waals surface area (Å²) in [5.74, 6) is 2.07. The van der Waals surface area contributed by atoms with Crippen LogP contribution in [0.3, 0.4) is 0 Å². The normalized spacial score (nSPS) is 11.2. The Bertz CT molecular complexity index is 554. The van der Waals surface area contributed by atoms with Crippen LogP contribution >= 0.6 is 34.2 Å². The van der Waals surface area contributed by atoms with Crippen molar-refractivity contribution < 1.29 is 4.42 Å². The van der Waals surface area contributed by atoms with Crippen molar-refractivity contribution in [3.05, 3.63) is 38.9 Å². The van der Waals surface area contributed by atoms with E-state index in [9.17, 15) is 0 Å². The van der Waals surface area contributed by atoms with Crippen LogP contribution in [0, 0.1) is 9.49 Å². The number of nitrogens with zero attached hydrogens (tertiary/aromatic N) is 1. The minimum Gasteiger partial charge on any atom is -0.439 e. The Hall–Kier alpha value is -0.590. The maximum absolute atomic E-state index is 6.01. The first-order valence-corrected chi connectivity index (χ1v) is 7.63. The Morgan fingerprint density at radius 3 is 2.95 bits per heavy atom. The van der Waals surface area contributed by atoms with Gasteiger partial charge in [-0.15, -0.1) is 0 Å². The molecule has 0 atom stereocenters. The number of aromatic nitrogens is 1. The molecule has 0 aliphatic heterocycles. The lowest BCUT2D eigenvalue weighted by atomic mass is 10.2. The molecule has 2 aromatic rings. The van der Waals surface area contributed by atoms with E-state index in [-0.39, 0.29) is 0 Å². The van der Waals surface area contributed by atoms with Gasteiger partial charge >= 0.3 is 0 Å². The predicted molar refractivity (Wildman–Crippen MR) is 86.2 cm³/mol. The smallest absolute Gasteiger partial charge is 0.208 e. The lowest BCUT2D eigenvalue weighted by molar-refractivity contribution is 0.459. The fraction of sp³-hybridized carbons (Fsp3) is 0.357. The molecule has 0 unspecified atom stereocenters. The molecule has 2 rings (SSSR count). The molecule has 1 aromatic carbocycles. The van der Waals surface area contributed by atoms with Gasteiger partial charge in [0.25, 0.3) is 0 Å². The fourth-order valence-corrected chi connectivity index (χ4v) is 2.44. The van der Waals surface area contributed by atoms with Gasteiger partial charge in [-0.25, -0.2) is 4.98 Å². The van der Waals surface area contributed by atoms with E-state index < -0.39 is 0 Å². The van der Waals surface area contributed by atoms with Gasteiger partial charge in [0, 0.05) is 14.2 Å². The third-order valence-electron chi connectivity index (χ3n) is 2.58. The summed E-state index contributed by atoms with van der Waals surface area (Å²) >= 11 is 8.28. The minimum atomic E-state index is 0.614. The molecule has 102 valence electrons. The maximum atomic E-state index is 6.01. The number of halogens is 2. The van der Waals surface area contributed by atoms with Gasteiger partial charge in [0.05, 0.1) is 12.7 Å². The maximum Gasteiger partial charge on any atom is 0.208 e. The van der Waals surface area contributed by atoms with E-state index in [1.165, 1.54) is 0 Å². The van der Waals surface area contributed by atoms with E-state index >= 15 is 0 Å². The van der Waals surface area contributed by atoms with Gasteiger partial charge in [-0.1, -0.05) is 25.4 Å². The zero-order chi connectivity index (χ0) is 13.8. The molecule has 5 heteroatoms. The van der Waals surface area contributed by atoms with Crippen LogP contribution in [0.5, 0.6) is 0 Å². The van der Waals surface area contributed by atoms with Gasteiger partial charge < -0.3 is 9.73 Å². The summed E-state index contributed by atoms with van der Waals surface area (Å²) in [6.07, 6.45) is 1.75. The van der Waals surface area contributed by atoms with Gasteiger partial charge in [0.1, 0.15) is 0 Å². The number of oxazole rings is 1. The van der Waals surface area contributed by atoms with Crippen LogP contribution in [0.2, 0.25) is 5.02 Å². The minimum absolute atomic E-state index is 0.614. The molecule has 1 heterocycles. The predicted octanol–water partition coefficient (Wildman–Crippen LogP) is 4.35. The molecule has 0 amide bonds. The first-order chi connectivity index (χ1) is 9.06. The van der Waals surface area contributed by atoms with Crippen molar-refractivity contribution >= 4 is 34.2 Å². The molecule has 1 aromatic heterocycles. The second-order valence-electron chi connectivity index (χ2n) is 4.77. The molecule has 0 aliphatic rings. The molecule has 0 saturated carbocycles. The molecular formula is C14H16ClIN2O. The highest BCUT2D eigenvalue weighted by Crippen LogP contribution is 2.28. The Morgan fingerprint density at radius 1 is 1.42 bits per heavy atom. The second-order valence-corrected chi connectivity index (χ2v) is 6.37. The van der Waals surface area contributed by atoms with Crippen LogP contribution in [0.1, 0.15) is 19.7 Å². The summed E-state index contributed by atoms with van der Waals surface area (Å²) in [6, 6.07) is 5.74. The van der Waals surface area contributed by atoms with Crippen molar-refractivity contribution in [1.82, 2.24) is 10.3 Å². The standard InChI is InChI=1S/C14H16ClIN2O/c1-9(2)6-17-8-14-18-7-13(19-14)11-5-10(15)3-4-12(11)16/h3-5,7,9,17H,6,8H2,1-2H3. The largest absolute Gasteiger partial charge is 0.439 e. The zero-order valence-corrected chi connectivity index (χ0v) is 13.8. The first-order valence-electron chi connectivity index (χ1n) is 6.17. The first kappa shape index (κ1) is 14.8. The van der Waals surface area contributed by atoms with Crippen LogP contribution < -0.4 is 5.32 Å². The Morgan fingerprint density at radius 2 is 2.21 bits per heavy atom. The van der Waals surface area contributed by atoms with Gasteiger partial charge in [-0.2, -0.15) is 0 Å². The zero-order valence-electron chi connectivity index (χ0n) is 10.9. The quantitative estimate of drug-likeness (QED) is 0.772. The van der Waals surface area contributed by atoms with Gasteiger partial charge in [-0.3, -0.25) is 0 Å². The van der Waals surface area contributed by atoms with Crippen molar-refractivity contribution in [1.29, 1.82) is 0 Å². The number of rotatable bonds is 5. The highest BCUT2D eigenvalue weighted by molar-refractivity contribution is 14.1. The average molecular weight is 391 g/mol. The molecule has 0 fully saturated rings. The highest BCUT2D eigenvalue weighted by atomic mass is 127. The fourth-order valence-electron chi connectivity index (χ4n) is 1.67. The number of hydrogen-bond donors (Lipinski definition) is 1. The number of hydrogen-bond acceptors (Lipinski definition) is 3. The molecule has 0 aliphatic carbocycles. The van der Waals surface area contributed by atoms with Gasteiger partial charge in [0.2, 0.25) is 5.89 Å². The summed E-state index contributed by atoms with van der Waals surface area (Å²) in [4.78, 5) is 4.28. The summed E-state index contributed by atoms with van der Waals surface area (Å²) in [5, 5.41) is 4.01. The molecule has 3 nitrogen and oxygen atoms in total. The summed E-state index contributed by atoms with van der Waals surface area (Å²) in [7, 11) is 0. The van der Waals surface area contributed by atoms with Crippen LogP contribution in [-0.2, 0) is 6.54 Å². The van der Waals surface area contributed by atoms with Crippen molar-refractivity contribution in [3.63, 3.8) is 0 Å². The third-order valence-corrected chi connectivity index (χ3v) is 3.75. The monoisotopic (exact) mass is 390 g/mol.